The molecular formula is C31H37N3O5. The first-order chi connectivity index (χ1) is 18.4. The van der Waals surface area contributed by atoms with Crippen LogP contribution in [0.25, 0.3) is 10.8 Å². The van der Waals surface area contributed by atoms with Gasteiger partial charge >= 0.3 is 6.09 Å². The SMILES string of the molecule is Cc1cc(C)cc(C(C(=O)Nc2ccc3ccccc3c2)N(C(=O)C(CO)NC(=O)OC(C)(C)C)C2CC2)c1. The highest BCUT2D eigenvalue weighted by Gasteiger charge is 2.44. The van der Waals surface area contributed by atoms with E-state index >= 15 is 0 Å². The van der Waals surface area contributed by atoms with E-state index in [1.54, 1.807) is 20.8 Å². The topological polar surface area (TPSA) is 108 Å². The van der Waals surface area contributed by atoms with Gasteiger partial charge in [-0.2, -0.15) is 0 Å². The van der Waals surface area contributed by atoms with Crippen molar-refractivity contribution in [3.05, 3.63) is 77.4 Å². The lowest BCUT2D eigenvalue weighted by molar-refractivity contribution is -0.142. The predicted molar refractivity (Wildman–Crippen MR) is 151 cm³/mol. The van der Waals surface area contributed by atoms with Crippen LogP contribution in [0.1, 0.15) is 56.3 Å². The molecule has 3 aromatic carbocycles. The van der Waals surface area contributed by atoms with Gasteiger partial charge < -0.3 is 25.4 Å². The van der Waals surface area contributed by atoms with Gasteiger partial charge in [0.15, 0.2) is 0 Å². The minimum atomic E-state index is -1.26. The average Bonchev–Trinajstić information content (AvgIpc) is 3.68. The fourth-order valence-corrected chi connectivity index (χ4v) is 4.77. The van der Waals surface area contributed by atoms with Crippen molar-refractivity contribution < 1.29 is 24.2 Å². The third kappa shape index (κ3) is 7.15. The van der Waals surface area contributed by atoms with Crippen molar-refractivity contribution in [2.45, 2.75) is 71.2 Å². The third-order valence-corrected chi connectivity index (χ3v) is 6.47. The number of alkyl carbamates (subject to hydrolysis) is 1. The van der Waals surface area contributed by atoms with Crippen LogP contribution in [-0.2, 0) is 14.3 Å². The van der Waals surface area contributed by atoms with Crippen molar-refractivity contribution in [2.24, 2.45) is 0 Å². The quantitative estimate of drug-likeness (QED) is 0.379. The lowest BCUT2D eigenvalue weighted by Gasteiger charge is -2.34. The Balaban J connectivity index is 1.69. The zero-order valence-corrected chi connectivity index (χ0v) is 23.2. The van der Waals surface area contributed by atoms with Gasteiger partial charge in [-0.05, 0) is 75.9 Å². The number of carbonyl (C=O) groups excluding carboxylic acids is 3. The molecule has 3 amide bonds. The fraction of sp³-hybridized carbons (Fsp3) is 0.387. The number of aliphatic hydroxyl groups is 1. The molecule has 0 aromatic heterocycles. The van der Waals surface area contributed by atoms with Crippen LogP contribution in [0.4, 0.5) is 10.5 Å². The van der Waals surface area contributed by atoms with E-state index in [-0.39, 0.29) is 11.9 Å². The van der Waals surface area contributed by atoms with Crippen molar-refractivity contribution in [2.75, 3.05) is 11.9 Å². The van der Waals surface area contributed by atoms with Gasteiger partial charge in [0, 0.05) is 11.7 Å². The molecule has 39 heavy (non-hydrogen) atoms. The van der Waals surface area contributed by atoms with Crippen LogP contribution in [0.15, 0.2) is 60.7 Å². The number of hydrogen-bond acceptors (Lipinski definition) is 5. The third-order valence-electron chi connectivity index (χ3n) is 6.47. The van der Waals surface area contributed by atoms with Gasteiger partial charge in [-0.25, -0.2) is 4.79 Å². The summed E-state index contributed by atoms with van der Waals surface area (Å²) in [5.41, 5.74) is 2.43. The zero-order valence-electron chi connectivity index (χ0n) is 23.2. The highest BCUT2D eigenvalue weighted by Crippen LogP contribution is 2.37. The molecule has 8 nitrogen and oxygen atoms in total. The maximum atomic E-state index is 14.0. The highest BCUT2D eigenvalue weighted by atomic mass is 16.6. The van der Waals surface area contributed by atoms with Crippen LogP contribution in [0.5, 0.6) is 0 Å². The number of aryl methyl sites for hydroxylation is 2. The first-order valence-corrected chi connectivity index (χ1v) is 13.3. The van der Waals surface area contributed by atoms with Crippen LogP contribution < -0.4 is 10.6 Å². The van der Waals surface area contributed by atoms with Gasteiger partial charge in [0.2, 0.25) is 5.91 Å². The molecule has 0 aliphatic heterocycles. The minimum Gasteiger partial charge on any atom is -0.444 e. The summed E-state index contributed by atoms with van der Waals surface area (Å²) in [6.07, 6.45) is 0.635. The zero-order chi connectivity index (χ0) is 28.3. The smallest absolute Gasteiger partial charge is 0.408 e. The Morgan fingerprint density at radius 1 is 0.974 bits per heavy atom. The van der Waals surface area contributed by atoms with Gasteiger partial charge in [0.1, 0.15) is 17.7 Å². The fourth-order valence-electron chi connectivity index (χ4n) is 4.77. The van der Waals surface area contributed by atoms with E-state index in [9.17, 15) is 19.5 Å². The normalized spacial score (nSPS) is 14.8. The van der Waals surface area contributed by atoms with Crippen LogP contribution in [0.2, 0.25) is 0 Å². The number of hydrogen-bond donors (Lipinski definition) is 3. The molecule has 4 rings (SSSR count). The molecule has 1 aliphatic rings. The monoisotopic (exact) mass is 531 g/mol. The van der Waals surface area contributed by atoms with Crippen LogP contribution in [0, 0.1) is 13.8 Å². The molecule has 3 aromatic rings. The number of aliphatic hydroxyl groups excluding tert-OH is 1. The molecule has 206 valence electrons. The second-order valence-corrected chi connectivity index (χ2v) is 11.2. The van der Waals surface area contributed by atoms with E-state index < -0.39 is 36.3 Å². The standard InChI is InChI=1S/C31H37N3O5/c1-19-14-20(2)16-23(15-19)27(28(36)32-24-11-10-21-8-6-7-9-22(21)17-24)34(25-12-13-25)29(37)26(18-35)33-30(38)39-31(3,4)5/h6-11,14-17,25-27,35H,12-13,18H2,1-5H3,(H,32,36)(H,33,38). The van der Waals surface area contributed by atoms with Crippen molar-refractivity contribution >= 4 is 34.4 Å². The number of rotatable bonds is 8. The molecule has 0 radical (unpaired) electrons. The van der Waals surface area contributed by atoms with E-state index in [4.69, 9.17) is 4.74 Å². The number of nitrogens with zero attached hydrogens (tertiary/aromatic N) is 1. The maximum Gasteiger partial charge on any atom is 0.408 e. The highest BCUT2D eigenvalue weighted by molar-refractivity contribution is 6.00. The summed E-state index contributed by atoms with van der Waals surface area (Å²) >= 11 is 0. The van der Waals surface area contributed by atoms with Crippen LogP contribution in [0.3, 0.4) is 0 Å². The summed E-state index contributed by atoms with van der Waals surface area (Å²) in [6, 6.07) is 16.9. The average molecular weight is 532 g/mol. The largest absolute Gasteiger partial charge is 0.444 e. The molecule has 0 bridgehead atoms. The van der Waals surface area contributed by atoms with Crippen LogP contribution in [-0.4, -0.2) is 52.2 Å². The number of carbonyl (C=O) groups is 3. The molecule has 0 heterocycles. The van der Waals surface area contributed by atoms with Crippen molar-refractivity contribution in [1.29, 1.82) is 0 Å². The van der Waals surface area contributed by atoms with E-state index in [2.05, 4.69) is 10.6 Å². The first kappa shape index (κ1) is 28.1. The Morgan fingerprint density at radius 3 is 2.21 bits per heavy atom. The number of ether oxygens (including phenoxy) is 1. The number of nitrogens with one attached hydrogen (secondary N) is 2. The van der Waals surface area contributed by atoms with E-state index in [0.717, 1.165) is 34.7 Å². The Morgan fingerprint density at radius 2 is 1.62 bits per heavy atom. The van der Waals surface area contributed by atoms with E-state index in [1.165, 1.54) is 4.90 Å². The van der Waals surface area contributed by atoms with Crippen molar-refractivity contribution in [3.63, 3.8) is 0 Å². The van der Waals surface area contributed by atoms with Gasteiger partial charge in [-0.1, -0.05) is 59.7 Å². The van der Waals surface area contributed by atoms with Gasteiger partial charge in [0.25, 0.3) is 5.91 Å². The predicted octanol–water partition coefficient (Wildman–Crippen LogP) is 5.01. The molecule has 8 heteroatoms. The molecule has 2 unspecified atom stereocenters. The minimum absolute atomic E-state index is 0.194. The second-order valence-electron chi connectivity index (χ2n) is 11.2. The summed E-state index contributed by atoms with van der Waals surface area (Å²) in [4.78, 5) is 41.9. The summed E-state index contributed by atoms with van der Waals surface area (Å²) in [5, 5.41) is 17.6. The number of fused-ring (bicyclic) bond motifs is 1. The van der Waals surface area contributed by atoms with E-state index in [0.29, 0.717) is 11.3 Å². The van der Waals surface area contributed by atoms with Gasteiger partial charge in [-0.15, -0.1) is 0 Å². The van der Waals surface area contributed by atoms with Crippen molar-refractivity contribution in [3.8, 4) is 0 Å². The first-order valence-electron chi connectivity index (χ1n) is 13.3. The summed E-state index contributed by atoms with van der Waals surface area (Å²) in [7, 11) is 0. The molecule has 0 spiro atoms. The Kier molecular flexibility index (Phi) is 8.25. The Bertz CT molecular complexity index is 1360. The molecule has 1 aliphatic carbocycles. The second kappa shape index (κ2) is 11.5. The number of benzene rings is 3. The molecule has 3 N–H and O–H groups in total. The lowest BCUT2D eigenvalue weighted by Crippen LogP contribution is -2.54. The molecule has 0 saturated heterocycles. The van der Waals surface area contributed by atoms with Gasteiger partial charge in [0.05, 0.1) is 6.61 Å². The number of amides is 3. The van der Waals surface area contributed by atoms with Crippen LogP contribution >= 0.6 is 0 Å². The molecule has 2 atom stereocenters. The molecular weight excluding hydrogens is 494 g/mol. The van der Waals surface area contributed by atoms with Gasteiger partial charge in [-0.3, -0.25) is 9.59 Å². The lowest BCUT2D eigenvalue weighted by atomic mass is 9.98. The number of anilines is 1. The van der Waals surface area contributed by atoms with Crippen molar-refractivity contribution in [1.82, 2.24) is 10.2 Å². The molecule has 1 fully saturated rings. The Labute approximate surface area is 229 Å². The maximum absolute atomic E-state index is 14.0. The summed E-state index contributed by atoms with van der Waals surface area (Å²) in [5.74, 6) is -0.909. The Hall–Kier alpha value is -3.91. The summed E-state index contributed by atoms with van der Waals surface area (Å²) in [6.45, 7) is 8.40. The molecule has 1 saturated carbocycles. The summed E-state index contributed by atoms with van der Waals surface area (Å²) < 4.78 is 5.30. The van der Waals surface area contributed by atoms with E-state index in [1.807, 2.05) is 74.5 Å².